The molecule has 0 fully saturated rings. The second-order valence-corrected chi connectivity index (χ2v) is 6.40. The normalized spacial score (nSPS) is 13.8. The van der Waals surface area contributed by atoms with Crippen LogP contribution in [-0.2, 0) is 0 Å². The number of hydrogen-bond acceptors (Lipinski definition) is 2. The van der Waals surface area contributed by atoms with Crippen LogP contribution in [0, 0.1) is 0 Å². The number of nitrogens with zero attached hydrogens (tertiary/aromatic N) is 1. The molecule has 1 aromatic rings. The molecule has 100 valence electrons. The quantitative estimate of drug-likeness (QED) is 0.848. The van der Waals surface area contributed by atoms with Crippen molar-refractivity contribution in [3.8, 4) is 0 Å². The van der Waals surface area contributed by atoms with Gasteiger partial charge in [-0.2, -0.15) is 0 Å². The number of nitrogens with one attached hydrogen (secondary N) is 1. The van der Waals surface area contributed by atoms with Gasteiger partial charge in [-0.25, -0.2) is 0 Å². The highest BCUT2D eigenvalue weighted by atomic mass is 79.9. The van der Waals surface area contributed by atoms with Crippen LogP contribution >= 0.6 is 15.9 Å². The lowest BCUT2D eigenvalue weighted by Crippen LogP contribution is -2.33. The predicted octanol–water partition coefficient (Wildman–Crippen LogP) is 3.04. The summed E-state index contributed by atoms with van der Waals surface area (Å²) in [5.41, 5.74) is 1.79. The highest BCUT2D eigenvalue weighted by Crippen LogP contribution is 2.13. The third-order valence-electron chi connectivity index (χ3n) is 2.70. The Bertz CT molecular complexity index is 387. The summed E-state index contributed by atoms with van der Waals surface area (Å²) >= 11 is 3.49. The maximum Gasteiger partial charge on any atom is 0.251 e. The van der Waals surface area contributed by atoms with E-state index in [-0.39, 0.29) is 11.9 Å². The Hall–Kier alpha value is -1.03. The Kier molecular flexibility index (Phi) is 5.66. The molecule has 0 aliphatic heterocycles. The van der Waals surface area contributed by atoms with E-state index in [1.807, 2.05) is 50.2 Å². The molecule has 0 saturated heterocycles. The lowest BCUT2D eigenvalue weighted by Gasteiger charge is -2.16. The van der Waals surface area contributed by atoms with Crippen molar-refractivity contribution in [2.45, 2.75) is 31.1 Å². The van der Waals surface area contributed by atoms with Crippen molar-refractivity contribution in [3.63, 3.8) is 0 Å². The third kappa shape index (κ3) is 4.69. The molecule has 1 amide bonds. The van der Waals surface area contributed by atoms with Gasteiger partial charge in [-0.05, 0) is 37.6 Å². The fourth-order valence-electron chi connectivity index (χ4n) is 1.76. The van der Waals surface area contributed by atoms with Gasteiger partial charge in [0, 0.05) is 36.2 Å². The van der Waals surface area contributed by atoms with Crippen molar-refractivity contribution in [2.24, 2.45) is 0 Å². The number of hydrogen-bond donors (Lipinski definition) is 1. The Labute approximate surface area is 118 Å². The number of amides is 1. The van der Waals surface area contributed by atoms with Gasteiger partial charge in [0.15, 0.2) is 0 Å². The fraction of sp³-hybridized carbons (Fsp3) is 0.500. The first-order chi connectivity index (χ1) is 8.40. The number of carbonyl (C=O) groups excluding carboxylic acids is 1. The lowest BCUT2D eigenvalue weighted by molar-refractivity contribution is 0.0938. The van der Waals surface area contributed by atoms with Gasteiger partial charge in [0.25, 0.3) is 5.91 Å². The highest BCUT2D eigenvalue weighted by molar-refractivity contribution is 9.09. The van der Waals surface area contributed by atoms with Crippen LogP contribution in [0.1, 0.15) is 30.6 Å². The average molecular weight is 313 g/mol. The Morgan fingerprint density at radius 3 is 2.28 bits per heavy atom. The first kappa shape index (κ1) is 15.0. The Balaban J connectivity index is 2.61. The van der Waals surface area contributed by atoms with Crippen LogP contribution in [0.25, 0.3) is 0 Å². The summed E-state index contributed by atoms with van der Waals surface area (Å²) < 4.78 is 0. The molecule has 3 nitrogen and oxygen atoms in total. The monoisotopic (exact) mass is 312 g/mol. The van der Waals surface area contributed by atoms with Crippen LogP contribution in [0.2, 0.25) is 0 Å². The minimum absolute atomic E-state index is 0.0130. The van der Waals surface area contributed by atoms with Crippen LogP contribution in [0.4, 0.5) is 5.69 Å². The van der Waals surface area contributed by atoms with E-state index in [4.69, 9.17) is 0 Å². The summed E-state index contributed by atoms with van der Waals surface area (Å²) in [6, 6.07) is 7.78. The van der Waals surface area contributed by atoms with E-state index >= 15 is 0 Å². The summed E-state index contributed by atoms with van der Waals surface area (Å²) in [6.07, 6.45) is 0.918. The molecule has 1 aromatic carbocycles. The first-order valence-corrected chi connectivity index (χ1v) is 7.04. The molecule has 0 aromatic heterocycles. The zero-order valence-electron chi connectivity index (χ0n) is 11.4. The number of carbonyl (C=O) groups is 1. The summed E-state index contributed by atoms with van der Waals surface area (Å²) in [6.45, 7) is 4.10. The van der Waals surface area contributed by atoms with E-state index in [9.17, 15) is 4.79 Å². The summed E-state index contributed by atoms with van der Waals surface area (Å²) in [4.78, 5) is 14.4. The summed E-state index contributed by atoms with van der Waals surface area (Å²) in [5, 5.41) is 2.99. The van der Waals surface area contributed by atoms with E-state index < -0.39 is 0 Å². The first-order valence-electron chi connectivity index (χ1n) is 6.12. The maximum atomic E-state index is 12.0. The molecule has 0 aliphatic carbocycles. The minimum Gasteiger partial charge on any atom is -0.378 e. The summed E-state index contributed by atoms with van der Waals surface area (Å²) in [5.74, 6) is -0.0130. The number of anilines is 1. The van der Waals surface area contributed by atoms with Crippen LogP contribution < -0.4 is 10.2 Å². The molecular weight excluding hydrogens is 292 g/mol. The van der Waals surface area contributed by atoms with Gasteiger partial charge in [-0.3, -0.25) is 4.79 Å². The topological polar surface area (TPSA) is 32.3 Å². The van der Waals surface area contributed by atoms with E-state index in [1.165, 1.54) is 0 Å². The molecule has 0 bridgehead atoms. The van der Waals surface area contributed by atoms with Crippen molar-refractivity contribution in [1.29, 1.82) is 0 Å². The molecule has 1 N–H and O–H groups in total. The van der Waals surface area contributed by atoms with Crippen LogP contribution in [-0.4, -0.2) is 30.9 Å². The standard InChI is InChI=1S/C14H21BrN2O/c1-10(15)9-11(2)16-14(18)12-5-7-13(8-6-12)17(3)4/h5-8,10-11H,9H2,1-4H3,(H,16,18). The number of rotatable bonds is 5. The largest absolute Gasteiger partial charge is 0.378 e. The van der Waals surface area contributed by atoms with E-state index in [0.29, 0.717) is 10.4 Å². The third-order valence-corrected chi connectivity index (χ3v) is 3.08. The lowest BCUT2D eigenvalue weighted by atomic mass is 10.1. The zero-order chi connectivity index (χ0) is 13.7. The molecule has 0 spiro atoms. The second-order valence-electron chi connectivity index (χ2n) is 4.83. The van der Waals surface area contributed by atoms with E-state index in [0.717, 1.165) is 12.1 Å². The van der Waals surface area contributed by atoms with Crippen molar-refractivity contribution in [3.05, 3.63) is 29.8 Å². The molecule has 0 aliphatic rings. The van der Waals surface area contributed by atoms with Gasteiger partial charge in [-0.15, -0.1) is 0 Å². The Morgan fingerprint density at radius 1 is 1.28 bits per heavy atom. The number of halogens is 1. The van der Waals surface area contributed by atoms with Crippen LogP contribution in [0.3, 0.4) is 0 Å². The smallest absolute Gasteiger partial charge is 0.251 e. The van der Waals surface area contributed by atoms with Crippen molar-refractivity contribution in [2.75, 3.05) is 19.0 Å². The average Bonchev–Trinajstić information content (AvgIpc) is 2.27. The summed E-state index contributed by atoms with van der Waals surface area (Å²) in [7, 11) is 3.96. The molecule has 4 heteroatoms. The minimum atomic E-state index is -0.0130. The number of benzene rings is 1. The van der Waals surface area contributed by atoms with Crippen molar-refractivity contribution < 1.29 is 4.79 Å². The van der Waals surface area contributed by atoms with Gasteiger partial charge >= 0.3 is 0 Å². The highest BCUT2D eigenvalue weighted by Gasteiger charge is 2.11. The molecule has 2 unspecified atom stereocenters. The molecule has 0 heterocycles. The van der Waals surface area contributed by atoms with Crippen LogP contribution in [0.15, 0.2) is 24.3 Å². The van der Waals surface area contributed by atoms with Crippen molar-refractivity contribution >= 4 is 27.5 Å². The van der Waals surface area contributed by atoms with Gasteiger partial charge in [0.05, 0.1) is 0 Å². The van der Waals surface area contributed by atoms with E-state index in [1.54, 1.807) is 0 Å². The Morgan fingerprint density at radius 2 is 1.83 bits per heavy atom. The van der Waals surface area contributed by atoms with E-state index in [2.05, 4.69) is 28.2 Å². The SMILES string of the molecule is CC(Br)CC(C)NC(=O)c1ccc(N(C)C)cc1. The van der Waals surface area contributed by atoms with Crippen molar-refractivity contribution in [1.82, 2.24) is 5.32 Å². The van der Waals surface area contributed by atoms with Gasteiger partial charge in [0.2, 0.25) is 0 Å². The number of alkyl halides is 1. The fourth-order valence-corrected chi connectivity index (χ4v) is 2.32. The molecular formula is C14H21BrN2O. The maximum absolute atomic E-state index is 12.0. The van der Waals surface area contributed by atoms with Gasteiger partial charge in [-0.1, -0.05) is 22.9 Å². The molecule has 2 atom stereocenters. The molecule has 18 heavy (non-hydrogen) atoms. The molecule has 1 rings (SSSR count). The second kappa shape index (κ2) is 6.78. The predicted molar refractivity (Wildman–Crippen MR) is 80.7 cm³/mol. The zero-order valence-corrected chi connectivity index (χ0v) is 13.0. The van der Waals surface area contributed by atoms with Gasteiger partial charge < -0.3 is 10.2 Å². The van der Waals surface area contributed by atoms with Gasteiger partial charge in [0.1, 0.15) is 0 Å². The molecule has 0 saturated carbocycles. The van der Waals surface area contributed by atoms with Crippen LogP contribution in [0.5, 0.6) is 0 Å². The molecule has 0 radical (unpaired) electrons.